The molecule has 31 heavy (non-hydrogen) atoms. The number of hydrogen-bond donors (Lipinski definition) is 3. The monoisotopic (exact) mass is 419 g/mol. The molecule has 160 valence electrons. The maximum absolute atomic E-state index is 12.6. The molecule has 0 unspecified atom stereocenters. The van der Waals surface area contributed by atoms with E-state index in [2.05, 4.69) is 22.8 Å². The minimum Gasteiger partial charge on any atom is -0.449 e. The molecule has 0 radical (unpaired) electrons. The van der Waals surface area contributed by atoms with Gasteiger partial charge in [-0.05, 0) is 68.0 Å². The molecule has 7 heteroatoms. The second-order valence-corrected chi connectivity index (χ2v) is 8.05. The third-order valence-corrected chi connectivity index (χ3v) is 5.66. The summed E-state index contributed by atoms with van der Waals surface area (Å²) in [5.74, 6) is -1.05. The van der Waals surface area contributed by atoms with Crippen molar-refractivity contribution in [3.05, 3.63) is 70.9 Å². The third kappa shape index (κ3) is 4.45. The Hall–Kier alpha value is -3.61. The molecule has 1 heterocycles. The Balaban J connectivity index is 1.39. The van der Waals surface area contributed by atoms with Crippen molar-refractivity contribution in [1.29, 1.82) is 0 Å². The number of aromatic amines is 1. The molecular formula is C24H25N3O4. The van der Waals surface area contributed by atoms with Crippen LogP contribution in [0.2, 0.25) is 0 Å². The van der Waals surface area contributed by atoms with Crippen LogP contribution in [0, 0.1) is 5.92 Å². The second-order valence-electron chi connectivity index (χ2n) is 8.05. The molecule has 0 bridgehead atoms. The summed E-state index contributed by atoms with van der Waals surface area (Å²) >= 11 is 0. The first-order chi connectivity index (χ1) is 14.9. The standard InChI is InChI=1S/C24H25N3O4/c1-14-8-10-20-18(12-14)19-13-17(9-11-21(19)25-20)24(30)31-15(2)22(28)26-27-23(29)16-6-4-3-5-7-16/h3-7,9,11,13-15,25H,8,10,12H2,1-2H3,(H,26,28)(H,27,29)/t14-,15-/m0/s1. The molecule has 1 aromatic heterocycles. The van der Waals surface area contributed by atoms with Gasteiger partial charge in [0.1, 0.15) is 0 Å². The number of fused-ring (bicyclic) bond motifs is 3. The Morgan fingerprint density at radius 1 is 1.06 bits per heavy atom. The highest BCUT2D eigenvalue weighted by atomic mass is 16.5. The zero-order valence-electron chi connectivity index (χ0n) is 17.5. The summed E-state index contributed by atoms with van der Waals surface area (Å²) in [4.78, 5) is 40.3. The Morgan fingerprint density at radius 3 is 2.61 bits per heavy atom. The molecular weight excluding hydrogens is 394 g/mol. The van der Waals surface area contributed by atoms with E-state index in [4.69, 9.17) is 4.74 Å². The van der Waals surface area contributed by atoms with Crippen LogP contribution in [0.5, 0.6) is 0 Å². The van der Waals surface area contributed by atoms with E-state index in [0.717, 1.165) is 30.2 Å². The zero-order chi connectivity index (χ0) is 22.0. The van der Waals surface area contributed by atoms with E-state index in [0.29, 0.717) is 17.0 Å². The van der Waals surface area contributed by atoms with E-state index >= 15 is 0 Å². The molecule has 2 amide bonds. The number of ether oxygens (including phenoxy) is 1. The Bertz CT molecular complexity index is 1140. The van der Waals surface area contributed by atoms with Gasteiger partial charge in [0.2, 0.25) is 0 Å². The molecule has 7 nitrogen and oxygen atoms in total. The van der Waals surface area contributed by atoms with E-state index < -0.39 is 23.9 Å². The Morgan fingerprint density at radius 2 is 1.84 bits per heavy atom. The van der Waals surface area contributed by atoms with Crippen molar-refractivity contribution < 1.29 is 19.1 Å². The first-order valence-corrected chi connectivity index (χ1v) is 10.4. The summed E-state index contributed by atoms with van der Waals surface area (Å²) in [6.45, 7) is 3.69. The maximum Gasteiger partial charge on any atom is 0.338 e. The van der Waals surface area contributed by atoms with Gasteiger partial charge in [-0.25, -0.2) is 4.79 Å². The minimum absolute atomic E-state index is 0.389. The van der Waals surface area contributed by atoms with E-state index in [1.54, 1.807) is 36.4 Å². The molecule has 3 aromatic rings. The zero-order valence-corrected chi connectivity index (χ0v) is 17.5. The molecule has 0 saturated carbocycles. The summed E-state index contributed by atoms with van der Waals surface area (Å²) in [6.07, 6.45) is 2.08. The topological polar surface area (TPSA) is 100 Å². The van der Waals surface area contributed by atoms with Gasteiger partial charge in [0.15, 0.2) is 6.10 Å². The molecule has 4 rings (SSSR count). The number of amides is 2. The first kappa shape index (κ1) is 20.7. The van der Waals surface area contributed by atoms with Crippen molar-refractivity contribution in [3.8, 4) is 0 Å². The number of hydrogen-bond acceptors (Lipinski definition) is 4. The number of aryl methyl sites for hydroxylation is 1. The molecule has 2 aromatic carbocycles. The lowest BCUT2D eigenvalue weighted by molar-refractivity contribution is -0.129. The molecule has 2 atom stereocenters. The van der Waals surface area contributed by atoms with Gasteiger partial charge < -0.3 is 9.72 Å². The van der Waals surface area contributed by atoms with Gasteiger partial charge in [-0.15, -0.1) is 0 Å². The largest absolute Gasteiger partial charge is 0.449 e. The molecule has 0 fully saturated rings. The fraction of sp³-hybridized carbons (Fsp3) is 0.292. The molecule has 0 saturated heterocycles. The quantitative estimate of drug-likeness (QED) is 0.446. The van der Waals surface area contributed by atoms with E-state index in [1.807, 2.05) is 12.1 Å². The number of rotatable bonds is 4. The lowest BCUT2D eigenvalue weighted by Crippen LogP contribution is -2.46. The van der Waals surface area contributed by atoms with E-state index in [9.17, 15) is 14.4 Å². The van der Waals surface area contributed by atoms with Crippen LogP contribution in [0.1, 0.15) is 52.2 Å². The van der Waals surface area contributed by atoms with Crippen molar-refractivity contribution in [2.45, 2.75) is 39.2 Å². The number of nitrogens with one attached hydrogen (secondary N) is 3. The number of hydrazine groups is 1. The number of aromatic nitrogens is 1. The minimum atomic E-state index is -1.07. The summed E-state index contributed by atoms with van der Waals surface area (Å²) in [7, 11) is 0. The molecule has 1 aliphatic rings. The number of esters is 1. The number of carbonyl (C=O) groups excluding carboxylic acids is 3. The van der Waals surface area contributed by atoms with Crippen LogP contribution in [0.25, 0.3) is 10.9 Å². The van der Waals surface area contributed by atoms with Gasteiger partial charge in [0.25, 0.3) is 11.8 Å². The average molecular weight is 419 g/mol. The first-order valence-electron chi connectivity index (χ1n) is 10.4. The van der Waals surface area contributed by atoms with Crippen LogP contribution >= 0.6 is 0 Å². The Labute approximate surface area is 180 Å². The second kappa shape index (κ2) is 8.63. The van der Waals surface area contributed by atoms with Gasteiger partial charge in [0, 0.05) is 22.2 Å². The van der Waals surface area contributed by atoms with Crippen LogP contribution < -0.4 is 10.9 Å². The Kier molecular flexibility index (Phi) is 5.75. The van der Waals surface area contributed by atoms with E-state index in [-0.39, 0.29) is 0 Å². The van der Waals surface area contributed by atoms with Crippen molar-refractivity contribution >= 4 is 28.7 Å². The highest BCUT2D eigenvalue weighted by molar-refractivity contribution is 5.98. The molecule has 0 aliphatic heterocycles. The van der Waals surface area contributed by atoms with Crippen LogP contribution in [0.3, 0.4) is 0 Å². The fourth-order valence-electron chi connectivity index (χ4n) is 3.88. The van der Waals surface area contributed by atoms with Crippen molar-refractivity contribution in [2.75, 3.05) is 0 Å². The third-order valence-electron chi connectivity index (χ3n) is 5.66. The SMILES string of the molecule is C[C@H]1CCc2[nH]c3ccc(C(=O)O[C@@H](C)C(=O)NNC(=O)c4ccccc4)cc3c2C1. The van der Waals surface area contributed by atoms with E-state index in [1.165, 1.54) is 18.2 Å². The smallest absolute Gasteiger partial charge is 0.338 e. The van der Waals surface area contributed by atoms with Gasteiger partial charge in [-0.3, -0.25) is 20.4 Å². The summed E-state index contributed by atoms with van der Waals surface area (Å²) in [5.41, 5.74) is 8.91. The van der Waals surface area contributed by atoms with Crippen LogP contribution in [-0.4, -0.2) is 28.9 Å². The predicted octanol–water partition coefficient (Wildman–Crippen LogP) is 3.30. The van der Waals surface area contributed by atoms with Crippen molar-refractivity contribution in [2.24, 2.45) is 5.92 Å². The lowest BCUT2D eigenvalue weighted by atomic mass is 9.87. The summed E-state index contributed by atoms with van der Waals surface area (Å²) < 4.78 is 5.31. The van der Waals surface area contributed by atoms with Crippen LogP contribution in [-0.2, 0) is 22.4 Å². The van der Waals surface area contributed by atoms with Gasteiger partial charge >= 0.3 is 5.97 Å². The molecule has 0 spiro atoms. The number of benzene rings is 2. The molecule has 3 N–H and O–H groups in total. The number of H-pyrrole nitrogens is 1. The number of carbonyl (C=O) groups is 3. The van der Waals surface area contributed by atoms with Crippen molar-refractivity contribution in [3.63, 3.8) is 0 Å². The summed E-state index contributed by atoms with van der Waals surface area (Å²) in [6, 6.07) is 13.9. The average Bonchev–Trinajstić information content (AvgIpc) is 3.14. The van der Waals surface area contributed by atoms with Gasteiger partial charge in [-0.2, -0.15) is 0 Å². The van der Waals surface area contributed by atoms with Gasteiger partial charge in [0.05, 0.1) is 5.56 Å². The summed E-state index contributed by atoms with van der Waals surface area (Å²) in [5, 5.41) is 1.03. The fourth-order valence-corrected chi connectivity index (χ4v) is 3.88. The van der Waals surface area contributed by atoms with Gasteiger partial charge in [-0.1, -0.05) is 25.1 Å². The lowest BCUT2D eigenvalue weighted by Gasteiger charge is -2.18. The van der Waals surface area contributed by atoms with Crippen LogP contribution in [0.15, 0.2) is 48.5 Å². The predicted molar refractivity (Wildman–Crippen MR) is 116 cm³/mol. The highest BCUT2D eigenvalue weighted by Gasteiger charge is 2.23. The highest BCUT2D eigenvalue weighted by Crippen LogP contribution is 2.32. The molecule has 1 aliphatic carbocycles. The van der Waals surface area contributed by atoms with Crippen molar-refractivity contribution in [1.82, 2.24) is 15.8 Å². The van der Waals surface area contributed by atoms with Crippen LogP contribution in [0.4, 0.5) is 0 Å². The maximum atomic E-state index is 12.6. The normalized spacial score (nSPS) is 16.3.